The van der Waals surface area contributed by atoms with Crippen molar-refractivity contribution in [2.24, 2.45) is 0 Å². The van der Waals surface area contributed by atoms with Gasteiger partial charge < -0.3 is 14.1 Å². The van der Waals surface area contributed by atoms with E-state index in [0.717, 1.165) is 31.5 Å². The van der Waals surface area contributed by atoms with Crippen LogP contribution >= 0.6 is 48.1 Å². The number of fused-ring (bicyclic) bond motifs is 2. The molecule has 3 aromatic rings. The lowest BCUT2D eigenvalue weighted by molar-refractivity contribution is -0.115. The van der Waals surface area contributed by atoms with Gasteiger partial charge in [0, 0.05) is 32.4 Å². The van der Waals surface area contributed by atoms with Crippen LogP contribution in [0.1, 0.15) is 5.56 Å². The van der Waals surface area contributed by atoms with Crippen LogP contribution in [0.4, 0.5) is 5.69 Å². The Kier molecular flexibility index (Phi) is 5.08. The predicted molar refractivity (Wildman–Crippen MR) is 102 cm³/mol. The van der Waals surface area contributed by atoms with Gasteiger partial charge in [0.25, 0.3) is 0 Å². The lowest BCUT2D eigenvalue weighted by Crippen LogP contribution is -2.03. The molecule has 0 unspecified atom stereocenters. The first-order valence-electron chi connectivity index (χ1n) is 6.70. The molecule has 0 bridgehead atoms. The Morgan fingerprint density at radius 1 is 1.04 bits per heavy atom. The van der Waals surface area contributed by atoms with Crippen molar-refractivity contribution in [1.29, 1.82) is 0 Å². The third kappa shape index (κ3) is 3.79. The highest BCUT2D eigenvalue weighted by Crippen LogP contribution is 2.32. The smallest absolute Gasteiger partial charge is 0.228 e. The van der Waals surface area contributed by atoms with E-state index in [1.165, 1.54) is 5.39 Å². The molecule has 0 radical (unpaired) electrons. The first kappa shape index (κ1) is 16.5. The minimum absolute atomic E-state index is 0.0648. The van der Waals surface area contributed by atoms with Gasteiger partial charge in [-0.3, -0.25) is 4.79 Å². The van der Waals surface area contributed by atoms with Crippen LogP contribution in [0.15, 0.2) is 51.5 Å². The number of aromatic amines is 1. The fourth-order valence-corrected chi connectivity index (χ4v) is 3.23. The molecule has 1 aliphatic rings. The molecule has 0 saturated carbocycles. The van der Waals surface area contributed by atoms with Crippen molar-refractivity contribution in [2.45, 2.75) is 6.42 Å². The number of H-pyrrole nitrogens is 1. The first-order chi connectivity index (χ1) is 11.1. The van der Waals surface area contributed by atoms with Gasteiger partial charge in [-0.2, -0.15) is 0 Å². The number of carbonyl (C=O) groups is 1. The molecule has 118 valence electrons. The van der Waals surface area contributed by atoms with Gasteiger partial charge in [0.2, 0.25) is 5.91 Å². The van der Waals surface area contributed by atoms with Gasteiger partial charge in [0.15, 0.2) is 16.3 Å². The van der Waals surface area contributed by atoms with E-state index >= 15 is 0 Å². The molecule has 2 heterocycles. The summed E-state index contributed by atoms with van der Waals surface area (Å²) >= 11 is 9.67. The van der Waals surface area contributed by atoms with Gasteiger partial charge in [0.05, 0.1) is 6.42 Å². The van der Waals surface area contributed by atoms with Gasteiger partial charge in [-0.05, 0) is 73.1 Å². The van der Waals surface area contributed by atoms with E-state index < -0.39 is 0 Å². The van der Waals surface area contributed by atoms with Crippen LogP contribution in [-0.4, -0.2) is 10.9 Å². The normalized spacial score (nSPS) is 12.4. The molecule has 23 heavy (non-hydrogen) atoms. The van der Waals surface area contributed by atoms with E-state index in [9.17, 15) is 4.79 Å². The number of nitrogens with one attached hydrogen (secondary N) is 2. The molecule has 4 nitrogen and oxygen atoms in total. The van der Waals surface area contributed by atoms with Crippen LogP contribution in [-0.2, 0) is 11.2 Å². The zero-order chi connectivity index (χ0) is 16.4. The number of aromatic nitrogens is 1. The molecule has 1 aliphatic heterocycles. The Hall–Kier alpha value is -1.31. The number of benzene rings is 2. The van der Waals surface area contributed by atoms with Crippen LogP contribution in [0.25, 0.3) is 10.9 Å². The molecule has 0 atom stereocenters. The number of hydrogen-bond acceptors (Lipinski definition) is 2. The van der Waals surface area contributed by atoms with E-state index in [2.05, 4.69) is 58.4 Å². The van der Waals surface area contributed by atoms with E-state index in [0.29, 0.717) is 6.42 Å². The number of anilines is 1. The molecular weight excluding hydrogens is 492 g/mol. The summed E-state index contributed by atoms with van der Waals surface area (Å²) in [7, 11) is 0. The minimum atomic E-state index is 0.0648. The Labute approximate surface area is 158 Å². The molecule has 1 aromatic heterocycles. The summed E-state index contributed by atoms with van der Waals surface area (Å²) in [6.07, 6.45) is 2.39. The zero-order valence-corrected chi connectivity index (χ0v) is 16.5. The van der Waals surface area contributed by atoms with Crippen molar-refractivity contribution >= 4 is 70.6 Å². The topological polar surface area (TPSA) is 54.1 Å². The second-order valence-corrected chi connectivity index (χ2v) is 6.98. The second kappa shape index (κ2) is 7.07. The first-order valence-corrected chi connectivity index (χ1v) is 8.93. The Morgan fingerprint density at radius 3 is 2.61 bits per heavy atom. The molecule has 4 rings (SSSR count). The van der Waals surface area contributed by atoms with Crippen molar-refractivity contribution in [2.75, 3.05) is 5.32 Å². The van der Waals surface area contributed by atoms with Crippen LogP contribution in [0, 0.1) is 0 Å². The summed E-state index contributed by atoms with van der Waals surface area (Å²) < 4.78 is 6.83. The highest BCUT2D eigenvalue weighted by Gasteiger charge is 2.18. The van der Waals surface area contributed by atoms with Crippen LogP contribution in [0.5, 0.6) is 5.75 Å². The lowest BCUT2D eigenvalue weighted by atomic mass is 10.2. The van der Waals surface area contributed by atoms with E-state index in [-0.39, 0.29) is 5.91 Å². The third-order valence-corrected chi connectivity index (χ3v) is 5.60. The minimum Gasteiger partial charge on any atom is -0.418 e. The van der Waals surface area contributed by atoms with E-state index in [4.69, 9.17) is 3.83 Å². The Bertz CT molecular complexity index is 844. The number of carbonyl (C=O) groups excluding carboxylic acids is 1. The van der Waals surface area contributed by atoms with Gasteiger partial charge in [-0.15, -0.1) is 0 Å². The van der Waals surface area contributed by atoms with Crippen molar-refractivity contribution in [3.63, 3.8) is 0 Å². The molecule has 2 aromatic carbocycles. The summed E-state index contributed by atoms with van der Waals surface area (Å²) in [4.78, 5) is 14.1. The second-order valence-electron chi connectivity index (χ2n) is 4.95. The number of hydrogen-bond donors (Lipinski definition) is 2. The maximum absolute atomic E-state index is 11.0. The van der Waals surface area contributed by atoms with Gasteiger partial charge in [0.1, 0.15) is 5.75 Å². The summed E-state index contributed by atoms with van der Waals surface area (Å²) in [5, 5.41) is 3.97. The van der Waals surface area contributed by atoms with Crippen LogP contribution < -0.4 is 9.15 Å². The average Bonchev–Trinajstić information content (AvgIpc) is 3.13. The Morgan fingerprint density at radius 2 is 1.83 bits per heavy atom. The summed E-state index contributed by atoms with van der Waals surface area (Å²) in [6, 6.07) is 11.7. The van der Waals surface area contributed by atoms with Crippen molar-refractivity contribution < 1.29 is 8.62 Å². The maximum Gasteiger partial charge on any atom is 0.228 e. The van der Waals surface area contributed by atoms with Crippen LogP contribution in [0.3, 0.4) is 0 Å². The third-order valence-electron chi connectivity index (χ3n) is 3.39. The largest absolute Gasteiger partial charge is 0.418 e. The fourth-order valence-electron chi connectivity index (χ4n) is 2.29. The van der Waals surface area contributed by atoms with Crippen molar-refractivity contribution in [3.05, 3.63) is 57.1 Å². The highest BCUT2D eigenvalue weighted by atomic mass is 79.9. The van der Waals surface area contributed by atoms with Gasteiger partial charge in [-0.25, -0.2) is 0 Å². The fraction of sp³-hybridized carbons (Fsp3) is 0.0625. The number of halogens is 3. The van der Waals surface area contributed by atoms with E-state index in [1.807, 2.05) is 42.6 Å². The quantitative estimate of drug-likeness (QED) is 0.457. The summed E-state index contributed by atoms with van der Waals surface area (Å²) in [6.45, 7) is 0. The summed E-state index contributed by atoms with van der Waals surface area (Å²) in [5.74, 6) is 0.870. The van der Waals surface area contributed by atoms with Gasteiger partial charge in [-0.1, -0.05) is 0 Å². The molecular formula is C16H11Br3N2O2. The molecule has 0 spiro atoms. The van der Waals surface area contributed by atoms with Gasteiger partial charge >= 0.3 is 0 Å². The summed E-state index contributed by atoms with van der Waals surface area (Å²) in [5.41, 5.74) is 3.05. The molecule has 0 fully saturated rings. The standard InChI is InChI=1S/C8H5Br2NO.C8H6BrNO/c9-5-1-4-2-8(12)11-7(4)3-6(5)10;9-11-7-2-1-6-3-4-10-8(6)5-7/h1,3H,2H2,(H,11,12);1-5,10H. The SMILES string of the molecule is BrOc1ccc2cc[nH]c2c1.O=C1Cc2cc(Br)c(Br)cc2N1. The maximum atomic E-state index is 11.0. The molecule has 7 heteroatoms. The van der Waals surface area contributed by atoms with E-state index in [1.54, 1.807) is 0 Å². The number of amides is 1. The van der Waals surface area contributed by atoms with Crippen LogP contribution in [0.2, 0.25) is 0 Å². The molecule has 1 amide bonds. The molecule has 0 aliphatic carbocycles. The molecule has 2 N–H and O–H groups in total. The number of rotatable bonds is 1. The molecule has 0 saturated heterocycles. The zero-order valence-electron chi connectivity index (χ0n) is 11.7. The Balaban J connectivity index is 0.000000136. The average molecular weight is 503 g/mol. The van der Waals surface area contributed by atoms with Crippen molar-refractivity contribution in [1.82, 2.24) is 4.98 Å². The predicted octanol–water partition coefficient (Wildman–Crippen LogP) is 5.56. The lowest BCUT2D eigenvalue weighted by Gasteiger charge is -2.00. The van der Waals surface area contributed by atoms with Crippen molar-refractivity contribution in [3.8, 4) is 5.75 Å². The monoisotopic (exact) mass is 500 g/mol. The highest BCUT2D eigenvalue weighted by molar-refractivity contribution is 9.13.